The number of nitrogen functional groups attached to an aromatic ring is 1. The van der Waals surface area contributed by atoms with Crippen molar-refractivity contribution in [1.82, 2.24) is 9.97 Å². The van der Waals surface area contributed by atoms with Gasteiger partial charge in [0.15, 0.2) is 11.5 Å². The molecule has 1 aromatic heterocycles. The number of nitrogens with zero attached hydrogens (tertiary/aromatic N) is 3. The maximum Gasteiger partial charge on any atom is 0.182 e. The van der Waals surface area contributed by atoms with Gasteiger partial charge in [0.2, 0.25) is 0 Å². The van der Waals surface area contributed by atoms with E-state index < -0.39 is 0 Å². The number of rotatable bonds is 1. The average molecular weight is 254 g/mol. The third-order valence-electron chi connectivity index (χ3n) is 5.49. The molecule has 4 fully saturated rings. The van der Waals surface area contributed by atoms with E-state index in [2.05, 4.69) is 9.97 Å². The van der Waals surface area contributed by atoms with Crippen LogP contribution in [0.3, 0.4) is 0 Å². The van der Waals surface area contributed by atoms with Crippen LogP contribution in [-0.2, 0) is 5.41 Å². The molecule has 4 bridgehead atoms. The highest BCUT2D eigenvalue weighted by Gasteiger charge is 2.52. The van der Waals surface area contributed by atoms with E-state index in [9.17, 15) is 0 Å². The summed E-state index contributed by atoms with van der Waals surface area (Å²) in [6.07, 6.45) is 9.80. The normalized spacial score (nSPS) is 39.2. The first-order chi connectivity index (χ1) is 9.18. The van der Waals surface area contributed by atoms with E-state index in [0.717, 1.165) is 23.4 Å². The van der Waals surface area contributed by atoms with Crippen LogP contribution in [0.5, 0.6) is 0 Å². The quantitative estimate of drug-likeness (QED) is 0.835. The molecule has 0 aliphatic heterocycles. The molecular formula is C15H18N4. The first-order valence-electron chi connectivity index (χ1n) is 7.21. The monoisotopic (exact) mass is 254 g/mol. The maximum atomic E-state index is 8.91. The second-order valence-corrected chi connectivity index (χ2v) is 6.80. The van der Waals surface area contributed by atoms with Gasteiger partial charge in [0.1, 0.15) is 6.07 Å². The van der Waals surface area contributed by atoms with Gasteiger partial charge in [-0.25, -0.2) is 9.97 Å². The molecule has 2 N–H and O–H groups in total. The third kappa shape index (κ3) is 1.57. The third-order valence-corrected chi connectivity index (χ3v) is 5.49. The largest absolute Gasteiger partial charge is 0.381 e. The zero-order valence-electron chi connectivity index (χ0n) is 11.0. The van der Waals surface area contributed by atoms with Crippen LogP contribution in [0.4, 0.5) is 5.82 Å². The van der Waals surface area contributed by atoms with Gasteiger partial charge in [-0.15, -0.1) is 0 Å². The molecule has 0 aromatic carbocycles. The number of hydrogen-bond acceptors (Lipinski definition) is 4. The first kappa shape index (κ1) is 11.2. The molecule has 98 valence electrons. The van der Waals surface area contributed by atoms with Crippen LogP contribution < -0.4 is 5.73 Å². The van der Waals surface area contributed by atoms with Crippen LogP contribution in [0.25, 0.3) is 0 Å². The molecule has 0 saturated heterocycles. The van der Waals surface area contributed by atoms with Crippen molar-refractivity contribution in [1.29, 1.82) is 5.26 Å². The summed E-state index contributed by atoms with van der Waals surface area (Å²) in [6, 6.07) is 2.00. The molecule has 4 saturated carbocycles. The maximum absolute atomic E-state index is 8.91. The lowest BCUT2D eigenvalue weighted by Crippen LogP contribution is -2.49. The molecule has 1 heterocycles. The Hall–Kier alpha value is -1.63. The molecule has 19 heavy (non-hydrogen) atoms. The Labute approximate surface area is 113 Å². The minimum Gasteiger partial charge on any atom is -0.381 e. The predicted octanol–water partition coefficient (Wildman–Crippen LogP) is 2.40. The summed E-state index contributed by atoms with van der Waals surface area (Å²) in [4.78, 5) is 8.73. The first-order valence-corrected chi connectivity index (χ1v) is 7.21. The molecule has 0 atom stereocenters. The Morgan fingerprint density at radius 1 is 1.16 bits per heavy atom. The zero-order chi connectivity index (χ0) is 13.0. The molecule has 1 aromatic rings. The highest BCUT2D eigenvalue weighted by atomic mass is 14.9. The van der Waals surface area contributed by atoms with Gasteiger partial charge in [-0.05, 0) is 56.3 Å². The summed E-state index contributed by atoms with van der Waals surface area (Å²) in [6.45, 7) is 0. The second-order valence-electron chi connectivity index (χ2n) is 6.80. The van der Waals surface area contributed by atoms with E-state index in [0.29, 0.717) is 5.82 Å². The number of nitrogens with two attached hydrogens (primary N) is 1. The van der Waals surface area contributed by atoms with Crippen molar-refractivity contribution >= 4 is 5.82 Å². The van der Waals surface area contributed by atoms with Gasteiger partial charge in [0, 0.05) is 5.41 Å². The van der Waals surface area contributed by atoms with E-state index in [1.165, 1.54) is 38.5 Å². The van der Waals surface area contributed by atoms with Crippen molar-refractivity contribution in [3.8, 4) is 6.07 Å². The Bertz CT molecular complexity index is 537. The summed E-state index contributed by atoms with van der Waals surface area (Å²) in [5.74, 6) is 2.94. The van der Waals surface area contributed by atoms with E-state index in [-0.39, 0.29) is 11.1 Å². The number of aromatic nitrogens is 2. The average Bonchev–Trinajstić information content (AvgIpc) is 2.37. The molecule has 4 aliphatic carbocycles. The van der Waals surface area contributed by atoms with E-state index in [4.69, 9.17) is 11.0 Å². The fourth-order valence-electron chi connectivity index (χ4n) is 5.17. The molecule has 0 amide bonds. The molecule has 5 rings (SSSR count). The van der Waals surface area contributed by atoms with Gasteiger partial charge < -0.3 is 5.73 Å². The van der Waals surface area contributed by atoms with Gasteiger partial charge in [-0.1, -0.05) is 0 Å². The van der Waals surface area contributed by atoms with Gasteiger partial charge in [0.05, 0.1) is 11.9 Å². The van der Waals surface area contributed by atoms with Crippen molar-refractivity contribution in [2.45, 2.75) is 43.9 Å². The topological polar surface area (TPSA) is 75.6 Å². The zero-order valence-corrected chi connectivity index (χ0v) is 11.0. The van der Waals surface area contributed by atoms with Crippen LogP contribution in [0.2, 0.25) is 0 Å². The molecule has 4 heteroatoms. The molecule has 4 aliphatic rings. The SMILES string of the molecule is N#Cc1ncc(C23CC4CC(CC(C4)C2)C3)nc1N. The molecule has 0 radical (unpaired) electrons. The second kappa shape index (κ2) is 3.69. The molecule has 4 nitrogen and oxygen atoms in total. The number of nitriles is 1. The fourth-order valence-corrected chi connectivity index (χ4v) is 5.17. The number of hydrogen-bond donors (Lipinski definition) is 1. The minimum atomic E-state index is 0.212. The van der Waals surface area contributed by atoms with E-state index in [1.54, 1.807) is 0 Å². The van der Waals surface area contributed by atoms with Crippen molar-refractivity contribution in [3.05, 3.63) is 17.6 Å². The van der Waals surface area contributed by atoms with Crippen molar-refractivity contribution in [2.24, 2.45) is 17.8 Å². The summed E-state index contributed by atoms with van der Waals surface area (Å²) in [7, 11) is 0. The van der Waals surface area contributed by atoms with Crippen LogP contribution in [0, 0.1) is 29.1 Å². The summed E-state index contributed by atoms with van der Waals surface area (Å²) < 4.78 is 0. The lowest BCUT2D eigenvalue weighted by Gasteiger charge is -2.56. The predicted molar refractivity (Wildman–Crippen MR) is 71.0 cm³/mol. The highest BCUT2D eigenvalue weighted by Crippen LogP contribution is 2.60. The molecule has 0 unspecified atom stereocenters. The Morgan fingerprint density at radius 3 is 2.21 bits per heavy atom. The van der Waals surface area contributed by atoms with Crippen LogP contribution in [0.1, 0.15) is 49.9 Å². The Balaban J connectivity index is 1.76. The lowest BCUT2D eigenvalue weighted by atomic mass is 9.49. The molecular weight excluding hydrogens is 236 g/mol. The van der Waals surface area contributed by atoms with Crippen LogP contribution in [0.15, 0.2) is 6.20 Å². The van der Waals surface area contributed by atoms with E-state index in [1.807, 2.05) is 12.3 Å². The Kier molecular flexibility index (Phi) is 2.18. The van der Waals surface area contributed by atoms with E-state index >= 15 is 0 Å². The smallest absolute Gasteiger partial charge is 0.182 e. The fraction of sp³-hybridized carbons (Fsp3) is 0.667. The van der Waals surface area contributed by atoms with Gasteiger partial charge in [-0.3, -0.25) is 0 Å². The highest BCUT2D eigenvalue weighted by molar-refractivity contribution is 5.44. The van der Waals surface area contributed by atoms with Crippen LogP contribution >= 0.6 is 0 Å². The van der Waals surface area contributed by atoms with Crippen molar-refractivity contribution in [2.75, 3.05) is 5.73 Å². The van der Waals surface area contributed by atoms with Crippen molar-refractivity contribution < 1.29 is 0 Å². The minimum absolute atomic E-state index is 0.212. The number of anilines is 1. The Morgan fingerprint density at radius 2 is 1.74 bits per heavy atom. The summed E-state index contributed by atoms with van der Waals surface area (Å²) in [5.41, 5.74) is 7.37. The molecule has 0 spiro atoms. The lowest BCUT2D eigenvalue weighted by molar-refractivity contribution is -0.00731. The summed E-state index contributed by atoms with van der Waals surface area (Å²) in [5, 5.41) is 8.91. The standard InChI is InChI=1S/C15H18N4/c16-7-12-14(17)19-13(8-18-12)15-4-9-1-10(5-15)3-11(2-9)6-15/h8-11H,1-6H2,(H2,17,19). The van der Waals surface area contributed by atoms with Gasteiger partial charge in [0.25, 0.3) is 0 Å². The van der Waals surface area contributed by atoms with Crippen LogP contribution in [-0.4, -0.2) is 9.97 Å². The van der Waals surface area contributed by atoms with Gasteiger partial charge in [-0.2, -0.15) is 5.26 Å². The summed E-state index contributed by atoms with van der Waals surface area (Å²) >= 11 is 0. The van der Waals surface area contributed by atoms with Gasteiger partial charge >= 0.3 is 0 Å². The van der Waals surface area contributed by atoms with Crippen molar-refractivity contribution in [3.63, 3.8) is 0 Å².